The van der Waals surface area contributed by atoms with Gasteiger partial charge in [0.05, 0.1) is 0 Å². The van der Waals surface area contributed by atoms with Crippen LogP contribution < -0.4 is 5.32 Å². The van der Waals surface area contributed by atoms with Gasteiger partial charge in [-0.05, 0) is 43.7 Å². The monoisotopic (exact) mass is 210 g/mol. The summed E-state index contributed by atoms with van der Waals surface area (Å²) >= 11 is 0. The first-order chi connectivity index (χ1) is 7.21. The van der Waals surface area contributed by atoms with Crippen molar-refractivity contribution in [1.82, 2.24) is 10.2 Å². The van der Waals surface area contributed by atoms with Crippen LogP contribution in [0.4, 0.5) is 0 Å². The van der Waals surface area contributed by atoms with Crippen molar-refractivity contribution in [3.63, 3.8) is 0 Å². The molecule has 2 heterocycles. The van der Waals surface area contributed by atoms with Crippen molar-refractivity contribution in [2.75, 3.05) is 26.2 Å². The van der Waals surface area contributed by atoms with Crippen LogP contribution in [0.15, 0.2) is 0 Å². The molecule has 0 spiro atoms. The van der Waals surface area contributed by atoms with Crippen molar-refractivity contribution in [3.05, 3.63) is 0 Å². The molecule has 0 aromatic heterocycles. The third-order valence-corrected chi connectivity index (χ3v) is 4.91. The number of hydrogen-bond donors (Lipinski definition) is 1. The van der Waals surface area contributed by atoms with Gasteiger partial charge >= 0.3 is 0 Å². The van der Waals surface area contributed by atoms with Gasteiger partial charge in [0.15, 0.2) is 0 Å². The van der Waals surface area contributed by atoms with E-state index in [0.29, 0.717) is 5.41 Å². The Kier molecular flexibility index (Phi) is 3.36. The maximum Gasteiger partial charge on any atom is 0.0258 e. The quantitative estimate of drug-likeness (QED) is 0.767. The summed E-state index contributed by atoms with van der Waals surface area (Å²) in [5, 5.41) is 3.52. The normalized spacial score (nSPS) is 36.2. The maximum absolute atomic E-state index is 3.52. The van der Waals surface area contributed by atoms with Crippen LogP contribution in [0.25, 0.3) is 0 Å². The summed E-state index contributed by atoms with van der Waals surface area (Å²) in [6.45, 7) is 12.2. The van der Waals surface area contributed by atoms with Crippen LogP contribution in [0.5, 0.6) is 0 Å². The van der Waals surface area contributed by atoms with Gasteiger partial charge in [-0.15, -0.1) is 0 Å². The third kappa shape index (κ3) is 2.07. The largest absolute Gasteiger partial charge is 0.315 e. The van der Waals surface area contributed by atoms with Gasteiger partial charge in [0.25, 0.3) is 0 Å². The van der Waals surface area contributed by atoms with Crippen LogP contribution in [0.3, 0.4) is 0 Å². The number of rotatable bonds is 3. The first-order valence-corrected chi connectivity index (χ1v) is 6.65. The highest BCUT2D eigenvalue weighted by atomic mass is 15.2. The van der Waals surface area contributed by atoms with Crippen LogP contribution in [-0.2, 0) is 0 Å². The van der Waals surface area contributed by atoms with E-state index in [-0.39, 0.29) is 0 Å². The summed E-state index contributed by atoms with van der Waals surface area (Å²) in [7, 11) is 0. The van der Waals surface area contributed by atoms with Crippen molar-refractivity contribution < 1.29 is 0 Å². The first kappa shape index (κ1) is 11.4. The van der Waals surface area contributed by atoms with Gasteiger partial charge in [-0.2, -0.15) is 0 Å². The summed E-state index contributed by atoms with van der Waals surface area (Å²) in [5.74, 6) is 0.842. The van der Waals surface area contributed by atoms with E-state index in [0.717, 1.165) is 12.0 Å². The summed E-state index contributed by atoms with van der Waals surface area (Å²) < 4.78 is 0. The lowest BCUT2D eigenvalue weighted by atomic mass is 9.82. The van der Waals surface area contributed by atoms with Crippen molar-refractivity contribution in [3.8, 4) is 0 Å². The molecule has 0 amide bonds. The summed E-state index contributed by atoms with van der Waals surface area (Å²) in [6.07, 6.45) is 4.13. The average Bonchev–Trinajstić information content (AvgIpc) is 2.84. The molecule has 88 valence electrons. The second kappa shape index (κ2) is 4.42. The molecular formula is C13H26N2. The zero-order chi connectivity index (χ0) is 10.9. The van der Waals surface area contributed by atoms with Crippen molar-refractivity contribution >= 4 is 0 Å². The molecular weight excluding hydrogens is 184 g/mol. The molecule has 2 atom stereocenters. The first-order valence-electron chi connectivity index (χ1n) is 6.65. The molecule has 2 fully saturated rings. The number of hydrogen-bond acceptors (Lipinski definition) is 2. The minimum atomic E-state index is 0.641. The Balaban J connectivity index is 1.97. The highest BCUT2D eigenvalue weighted by molar-refractivity contribution is 4.95. The molecule has 0 aromatic rings. The second-order valence-electron chi connectivity index (χ2n) is 5.63. The maximum atomic E-state index is 3.52. The molecule has 0 aromatic carbocycles. The van der Waals surface area contributed by atoms with Crippen LogP contribution in [-0.4, -0.2) is 37.1 Å². The van der Waals surface area contributed by atoms with E-state index in [2.05, 4.69) is 31.0 Å². The van der Waals surface area contributed by atoms with Gasteiger partial charge in [-0.25, -0.2) is 0 Å². The fourth-order valence-electron chi connectivity index (χ4n) is 3.37. The lowest BCUT2D eigenvalue weighted by Crippen LogP contribution is -2.39. The fraction of sp³-hybridized carbons (Fsp3) is 1.00. The third-order valence-electron chi connectivity index (χ3n) is 4.91. The van der Waals surface area contributed by atoms with Crippen molar-refractivity contribution in [2.45, 2.75) is 46.1 Å². The zero-order valence-corrected chi connectivity index (χ0v) is 10.6. The minimum Gasteiger partial charge on any atom is -0.315 e. The van der Waals surface area contributed by atoms with Gasteiger partial charge < -0.3 is 5.32 Å². The van der Waals surface area contributed by atoms with Gasteiger partial charge in [-0.1, -0.05) is 20.8 Å². The molecule has 15 heavy (non-hydrogen) atoms. The molecule has 2 rings (SSSR count). The Morgan fingerprint density at radius 3 is 2.47 bits per heavy atom. The topological polar surface area (TPSA) is 15.3 Å². The molecule has 2 aliphatic rings. The number of nitrogens with one attached hydrogen (secondary N) is 1. The molecule has 0 radical (unpaired) electrons. The van der Waals surface area contributed by atoms with E-state index < -0.39 is 0 Å². The van der Waals surface area contributed by atoms with E-state index in [1.165, 1.54) is 45.4 Å². The molecule has 0 saturated carbocycles. The SMILES string of the molecule is CCC1(CC)CCN(C2CNCC2C)C1. The summed E-state index contributed by atoms with van der Waals surface area (Å²) in [6, 6.07) is 0.810. The van der Waals surface area contributed by atoms with Gasteiger partial charge in [0.1, 0.15) is 0 Å². The lowest BCUT2D eigenvalue weighted by Gasteiger charge is -2.30. The van der Waals surface area contributed by atoms with Crippen molar-refractivity contribution in [2.24, 2.45) is 11.3 Å². The summed E-state index contributed by atoms with van der Waals surface area (Å²) in [4.78, 5) is 2.75. The Morgan fingerprint density at radius 1 is 1.27 bits per heavy atom. The van der Waals surface area contributed by atoms with Gasteiger partial charge in [0.2, 0.25) is 0 Å². The summed E-state index contributed by atoms with van der Waals surface area (Å²) in [5.41, 5.74) is 0.641. The molecule has 2 saturated heterocycles. The number of likely N-dealkylation sites (tertiary alicyclic amines) is 1. The predicted molar refractivity (Wildman–Crippen MR) is 65.0 cm³/mol. The Bertz CT molecular complexity index is 211. The van der Waals surface area contributed by atoms with E-state index in [1.807, 2.05) is 0 Å². The van der Waals surface area contributed by atoms with Gasteiger partial charge in [0, 0.05) is 19.1 Å². The Morgan fingerprint density at radius 2 is 2.00 bits per heavy atom. The lowest BCUT2D eigenvalue weighted by molar-refractivity contribution is 0.179. The van der Waals surface area contributed by atoms with Gasteiger partial charge in [-0.3, -0.25) is 4.90 Å². The standard InChI is InChI=1S/C13H26N2/c1-4-13(5-2)6-7-15(10-13)12-9-14-8-11(12)3/h11-12,14H,4-10H2,1-3H3. The molecule has 2 heteroatoms. The van der Waals surface area contributed by atoms with E-state index >= 15 is 0 Å². The molecule has 1 N–H and O–H groups in total. The predicted octanol–water partition coefficient (Wildman–Crippen LogP) is 2.11. The van der Waals surface area contributed by atoms with Crippen LogP contribution in [0.2, 0.25) is 0 Å². The Hall–Kier alpha value is -0.0800. The van der Waals surface area contributed by atoms with Crippen molar-refractivity contribution in [1.29, 1.82) is 0 Å². The van der Waals surface area contributed by atoms with Crippen LogP contribution in [0.1, 0.15) is 40.0 Å². The number of nitrogens with zero attached hydrogens (tertiary/aromatic N) is 1. The zero-order valence-electron chi connectivity index (χ0n) is 10.6. The van der Waals surface area contributed by atoms with E-state index in [1.54, 1.807) is 0 Å². The second-order valence-corrected chi connectivity index (χ2v) is 5.63. The van der Waals surface area contributed by atoms with Crippen LogP contribution >= 0.6 is 0 Å². The highest BCUT2D eigenvalue weighted by Crippen LogP contribution is 2.38. The highest BCUT2D eigenvalue weighted by Gasteiger charge is 2.40. The molecule has 2 aliphatic heterocycles. The van der Waals surface area contributed by atoms with Crippen LogP contribution in [0, 0.1) is 11.3 Å². The average molecular weight is 210 g/mol. The minimum absolute atomic E-state index is 0.641. The smallest absolute Gasteiger partial charge is 0.0258 e. The molecule has 0 aliphatic carbocycles. The van der Waals surface area contributed by atoms with E-state index in [4.69, 9.17) is 0 Å². The molecule has 2 nitrogen and oxygen atoms in total. The van der Waals surface area contributed by atoms with E-state index in [9.17, 15) is 0 Å². The fourth-order valence-corrected chi connectivity index (χ4v) is 3.37. The molecule has 0 bridgehead atoms. The molecule has 2 unspecified atom stereocenters. The Labute approximate surface area is 94.4 Å².